The number of rotatable bonds is 8. The van der Waals surface area contributed by atoms with Crippen LogP contribution < -0.4 is 9.47 Å². The highest BCUT2D eigenvalue weighted by atomic mass is 32.2. The van der Waals surface area contributed by atoms with Gasteiger partial charge in [0.25, 0.3) is 11.8 Å². The van der Waals surface area contributed by atoms with Crippen molar-refractivity contribution in [1.29, 1.82) is 0 Å². The molecule has 2 heterocycles. The van der Waals surface area contributed by atoms with Crippen molar-refractivity contribution in [3.63, 3.8) is 0 Å². The monoisotopic (exact) mass is 560 g/mol. The highest BCUT2D eigenvalue weighted by Gasteiger charge is 2.27. The van der Waals surface area contributed by atoms with Gasteiger partial charge in [0.05, 0.1) is 34.2 Å². The Morgan fingerprint density at radius 1 is 0.667 bits per heavy atom. The van der Waals surface area contributed by atoms with E-state index in [1.807, 2.05) is 27.7 Å². The molecule has 2 aromatic rings. The van der Waals surface area contributed by atoms with Crippen LogP contribution >= 0.6 is 0 Å². The average Bonchev–Trinajstić information content (AvgIpc) is 2.89. The first-order valence-corrected chi connectivity index (χ1v) is 14.6. The molecule has 0 unspecified atom stereocenters. The molecule has 0 radical (unpaired) electrons. The molecule has 2 fully saturated rings. The van der Waals surface area contributed by atoms with Crippen LogP contribution in [0.2, 0.25) is 0 Å². The fourth-order valence-electron chi connectivity index (χ4n) is 4.80. The summed E-state index contributed by atoms with van der Waals surface area (Å²) in [5, 5.41) is 0. The highest BCUT2D eigenvalue weighted by molar-refractivity contribution is 7.91. The third kappa shape index (κ3) is 7.49. The van der Waals surface area contributed by atoms with E-state index < -0.39 is 9.84 Å². The first-order valence-electron chi connectivity index (χ1n) is 13.1. The van der Waals surface area contributed by atoms with E-state index in [1.165, 1.54) is 48.5 Å². The number of hydrogen-bond donors (Lipinski definition) is 0. The second-order valence-electron chi connectivity index (χ2n) is 10.1. The maximum absolute atomic E-state index is 13.1. The molecule has 2 amide bonds. The van der Waals surface area contributed by atoms with Crippen LogP contribution in [0, 0.1) is 0 Å². The summed E-state index contributed by atoms with van der Waals surface area (Å²) in [6.07, 6.45) is -0.136. The molecule has 39 heavy (non-hydrogen) atoms. The minimum absolute atomic E-state index is 0.0340. The molecule has 10 nitrogen and oxygen atoms in total. The van der Waals surface area contributed by atoms with Crippen molar-refractivity contribution in [3.05, 3.63) is 48.5 Å². The molecule has 4 atom stereocenters. The molecular weight excluding hydrogens is 524 g/mol. The molecule has 2 saturated heterocycles. The second kappa shape index (κ2) is 12.4. The topological polar surface area (TPSA) is 112 Å². The number of carbonyl (C=O) groups is 2. The summed E-state index contributed by atoms with van der Waals surface area (Å²) in [6, 6.07) is 11.9. The van der Waals surface area contributed by atoms with Crippen molar-refractivity contribution in [2.75, 3.05) is 39.4 Å². The van der Waals surface area contributed by atoms with Gasteiger partial charge in [0.15, 0.2) is 13.2 Å². The van der Waals surface area contributed by atoms with Crippen LogP contribution in [0.15, 0.2) is 58.3 Å². The molecule has 0 N–H and O–H groups in total. The van der Waals surface area contributed by atoms with E-state index >= 15 is 0 Å². The molecule has 0 aliphatic carbocycles. The number of carbonyl (C=O) groups excluding carboxylic acids is 2. The van der Waals surface area contributed by atoms with E-state index in [2.05, 4.69) is 0 Å². The largest absolute Gasteiger partial charge is 0.484 e. The maximum Gasteiger partial charge on any atom is 0.260 e. The summed E-state index contributed by atoms with van der Waals surface area (Å²) in [6.45, 7) is 9.45. The number of ether oxygens (including phenoxy) is 4. The molecular formula is C28H36N2O8S. The number of amides is 2. The molecule has 11 heteroatoms. The summed E-state index contributed by atoms with van der Waals surface area (Å²) >= 11 is 0. The Labute approximate surface area is 229 Å². The summed E-state index contributed by atoms with van der Waals surface area (Å²) in [5.41, 5.74) is 0. The van der Waals surface area contributed by atoms with Crippen molar-refractivity contribution in [3.8, 4) is 11.5 Å². The van der Waals surface area contributed by atoms with Crippen molar-refractivity contribution in [1.82, 2.24) is 9.80 Å². The smallest absolute Gasteiger partial charge is 0.260 e. The maximum atomic E-state index is 13.1. The van der Waals surface area contributed by atoms with E-state index in [1.54, 1.807) is 9.80 Å². The molecule has 4 rings (SSSR count). The standard InChI is InChI=1S/C28H36N2O8S/c1-19-13-29(14-20(2)37-19)27(31)17-35-23-5-9-25(10-6-23)39(33,34)26-11-7-24(8-12-26)36-18-28(32)30-15-21(3)38-22(4)16-30/h5-12,19-22H,13-18H2,1-4H3/t19-,20-,21+,22+. The van der Waals surface area contributed by atoms with Crippen molar-refractivity contribution in [2.24, 2.45) is 0 Å². The lowest BCUT2D eigenvalue weighted by Gasteiger charge is -2.35. The molecule has 0 bridgehead atoms. The van der Waals surface area contributed by atoms with Gasteiger partial charge in [0, 0.05) is 26.2 Å². The van der Waals surface area contributed by atoms with Gasteiger partial charge in [-0.15, -0.1) is 0 Å². The van der Waals surface area contributed by atoms with Crippen LogP contribution in [0.5, 0.6) is 11.5 Å². The zero-order valence-electron chi connectivity index (χ0n) is 22.7. The van der Waals surface area contributed by atoms with Gasteiger partial charge in [-0.3, -0.25) is 9.59 Å². The molecule has 0 saturated carbocycles. The van der Waals surface area contributed by atoms with Crippen LogP contribution in [-0.2, 0) is 28.9 Å². The predicted molar refractivity (Wildman–Crippen MR) is 143 cm³/mol. The van der Waals surface area contributed by atoms with Gasteiger partial charge >= 0.3 is 0 Å². The van der Waals surface area contributed by atoms with Crippen LogP contribution in [0.1, 0.15) is 27.7 Å². The summed E-state index contributed by atoms with van der Waals surface area (Å²) < 4.78 is 48.7. The number of sulfone groups is 1. The Kier molecular flexibility index (Phi) is 9.14. The Hall–Kier alpha value is -3.15. The van der Waals surface area contributed by atoms with Gasteiger partial charge in [-0.2, -0.15) is 0 Å². The minimum Gasteiger partial charge on any atom is -0.484 e. The fourth-order valence-corrected chi connectivity index (χ4v) is 6.06. The Morgan fingerprint density at radius 3 is 1.28 bits per heavy atom. The lowest BCUT2D eigenvalue weighted by Crippen LogP contribution is -2.49. The fraction of sp³-hybridized carbons (Fsp3) is 0.500. The van der Waals surface area contributed by atoms with Crippen molar-refractivity contribution >= 4 is 21.7 Å². The average molecular weight is 561 g/mol. The summed E-state index contributed by atoms with van der Waals surface area (Å²) in [5.74, 6) is 0.502. The van der Waals surface area contributed by atoms with E-state index in [0.717, 1.165) is 0 Å². The van der Waals surface area contributed by atoms with E-state index in [4.69, 9.17) is 18.9 Å². The quantitative estimate of drug-likeness (QED) is 0.484. The summed E-state index contributed by atoms with van der Waals surface area (Å²) in [4.78, 5) is 28.6. The third-order valence-corrected chi connectivity index (χ3v) is 8.32. The van der Waals surface area contributed by atoms with Crippen molar-refractivity contribution in [2.45, 2.75) is 61.9 Å². The van der Waals surface area contributed by atoms with Crippen LogP contribution in [-0.4, -0.2) is 93.8 Å². The zero-order chi connectivity index (χ0) is 28.2. The van der Waals surface area contributed by atoms with Crippen LogP contribution in [0.4, 0.5) is 0 Å². The second-order valence-corrected chi connectivity index (χ2v) is 12.1. The number of benzene rings is 2. The molecule has 0 spiro atoms. The van der Waals surface area contributed by atoms with E-state index in [-0.39, 0.29) is 59.2 Å². The van der Waals surface area contributed by atoms with Gasteiger partial charge in [0.1, 0.15) is 11.5 Å². The number of morpholine rings is 2. The van der Waals surface area contributed by atoms with Gasteiger partial charge in [-0.05, 0) is 76.2 Å². The molecule has 2 aromatic carbocycles. The summed E-state index contributed by atoms with van der Waals surface area (Å²) in [7, 11) is -3.78. The lowest BCUT2D eigenvalue weighted by atomic mass is 10.2. The van der Waals surface area contributed by atoms with Crippen LogP contribution in [0.3, 0.4) is 0 Å². The SMILES string of the molecule is C[C@@H]1CN(C(=O)COc2ccc(S(=O)(=O)c3ccc(OCC(=O)N4C[C@H](C)O[C@@H](C)C4)cc3)cc2)C[C@@H](C)O1. The number of nitrogens with zero attached hydrogens (tertiary/aromatic N) is 2. The predicted octanol–water partition coefficient (Wildman–Crippen LogP) is 2.55. The van der Waals surface area contributed by atoms with Gasteiger partial charge in [-0.1, -0.05) is 0 Å². The van der Waals surface area contributed by atoms with E-state index in [9.17, 15) is 18.0 Å². The molecule has 0 aromatic heterocycles. The van der Waals surface area contributed by atoms with E-state index in [0.29, 0.717) is 37.7 Å². The Balaban J connectivity index is 1.30. The minimum atomic E-state index is -3.78. The first kappa shape index (κ1) is 28.8. The van der Waals surface area contributed by atoms with Gasteiger partial charge in [-0.25, -0.2) is 8.42 Å². The normalized spacial score (nSPS) is 23.8. The molecule has 2 aliphatic rings. The highest BCUT2D eigenvalue weighted by Crippen LogP contribution is 2.25. The van der Waals surface area contributed by atoms with Gasteiger partial charge < -0.3 is 28.7 Å². The lowest BCUT2D eigenvalue weighted by molar-refractivity contribution is -0.145. The molecule has 212 valence electrons. The van der Waals surface area contributed by atoms with Crippen LogP contribution in [0.25, 0.3) is 0 Å². The Morgan fingerprint density at radius 2 is 0.974 bits per heavy atom. The third-order valence-electron chi connectivity index (χ3n) is 6.54. The van der Waals surface area contributed by atoms with Gasteiger partial charge in [0.2, 0.25) is 9.84 Å². The Bertz CT molecular complexity index is 1140. The van der Waals surface area contributed by atoms with Crippen molar-refractivity contribution < 1.29 is 37.0 Å². The first-order chi connectivity index (χ1) is 18.5. The zero-order valence-corrected chi connectivity index (χ0v) is 23.6. The number of hydrogen-bond acceptors (Lipinski definition) is 8. The molecule has 2 aliphatic heterocycles.